The van der Waals surface area contributed by atoms with Gasteiger partial charge in [0, 0.05) is 18.4 Å². The molecule has 0 fully saturated rings. The number of ether oxygens (including phenoxy) is 1. The molecule has 0 spiro atoms. The van der Waals surface area contributed by atoms with E-state index < -0.39 is 0 Å². The third-order valence-corrected chi connectivity index (χ3v) is 4.13. The van der Waals surface area contributed by atoms with Crippen molar-refractivity contribution >= 4 is 29.1 Å². The van der Waals surface area contributed by atoms with Gasteiger partial charge in [-0.3, -0.25) is 4.79 Å². The van der Waals surface area contributed by atoms with E-state index in [4.69, 9.17) is 16.3 Å². The Morgan fingerprint density at radius 2 is 1.96 bits per heavy atom. The van der Waals surface area contributed by atoms with E-state index in [0.717, 1.165) is 6.42 Å². The summed E-state index contributed by atoms with van der Waals surface area (Å²) in [6, 6.07) is 16.8. The number of amides is 1. The molecule has 1 amide bonds. The van der Waals surface area contributed by atoms with Crippen LogP contribution in [0.5, 0.6) is 5.75 Å². The third-order valence-electron chi connectivity index (χ3n) is 3.84. The lowest BCUT2D eigenvalue weighted by Crippen LogP contribution is -2.26. The zero-order valence-corrected chi connectivity index (χ0v) is 15.5. The van der Waals surface area contributed by atoms with Crippen molar-refractivity contribution < 1.29 is 9.53 Å². The predicted octanol–water partition coefficient (Wildman–Crippen LogP) is 3.85. The molecule has 0 aliphatic rings. The molecular formula is C20H19ClN4O2. The van der Waals surface area contributed by atoms with Crippen molar-refractivity contribution in [2.24, 2.45) is 0 Å². The van der Waals surface area contributed by atoms with Crippen LogP contribution in [0.1, 0.15) is 16.1 Å². The Labute approximate surface area is 162 Å². The highest BCUT2D eigenvalue weighted by Crippen LogP contribution is 2.28. The number of aromatic nitrogens is 2. The monoisotopic (exact) mass is 382 g/mol. The second-order valence-electron chi connectivity index (χ2n) is 5.73. The van der Waals surface area contributed by atoms with E-state index in [0.29, 0.717) is 34.6 Å². The molecule has 0 aliphatic heterocycles. The maximum Gasteiger partial charge on any atom is 0.270 e. The normalized spacial score (nSPS) is 10.3. The predicted molar refractivity (Wildman–Crippen MR) is 106 cm³/mol. The number of carbonyl (C=O) groups excluding carboxylic acids is 1. The van der Waals surface area contributed by atoms with Crippen LogP contribution < -0.4 is 15.4 Å². The number of hydrogen-bond acceptors (Lipinski definition) is 5. The number of halogens is 1. The molecule has 3 aromatic rings. The molecule has 0 bridgehead atoms. The van der Waals surface area contributed by atoms with Crippen molar-refractivity contribution in [3.63, 3.8) is 0 Å². The molecular weight excluding hydrogens is 364 g/mol. The Bertz CT molecular complexity index is 919. The van der Waals surface area contributed by atoms with Gasteiger partial charge in [0.15, 0.2) is 0 Å². The smallest absolute Gasteiger partial charge is 0.270 e. The number of nitrogens with one attached hydrogen (secondary N) is 2. The summed E-state index contributed by atoms with van der Waals surface area (Å²) in [5.41, 5.74) is 2.15. The van der Waals surface area contributed by atoms with Gasteiger partial charge in [0.05, 0.1) is 12.1 Å². The number of nitrogens with zero attached hydrogens (tertiary/aromatic N) is 2. The van der Waals surface area contributed by atoms with E-state index in [1.807, 2.05) is 30.3 Å². The Balaban J connectivity index is 1.61. The summed E-state index contributed by atoms with van der Waals surface area (Å²) >= 11 is 6.12. The number of carbonyl (C=O) groups is 1. The van der Waals surface area contributed by atoms with E-state index in [-0.39, 0.29) is 5.91 Å². The first-order valence-corrected chi connectivity index (χ1v) is 8.79. The van der Waals surface area contributed by atoms with Crippen LogP contribution in [0.3, 0.4) is 0 Å². The minimum absolute atomic E-state index is 0.246. The minimum atomic E-state index is -0.246. The molecule has 138 valence electrons. The second-order valence-corrected chi connectivity index (χ2v) is 6.14. The van der Waals surface area contributed by atoms with Crippen molar-refractivity contribution in [2.75, 3.05) is 19.0 Å². The molecule has 2 N–H and O–H groups in total. The third kappa shape index (κ3) is 5.18. The summed E-state index contributed by atoms with van der Waals surface area (Å²) < 4.78 is 5.13. The van der Waals surface area contributed by atoms with E-state index in [9.17, 15) is 4.79 Å². The average molecular weight is 383 g/mol. The summed E-state index contributed by atoms with van der Waals surface area (Å²) in [6.45, 7) is 0.531. The van der Waals surface area contributed by atoms with Gasteiger partial charge in [-0.1, -0.05) is 41.9 Å². The first kappa shape index (κ1) is 18.7. The van der Waals surface area contributed by atoms with E-state index in [1.54, 1.807) is 31.4 Å². The van der Waals surface area contributed by atoms with Crippen LogP contribution in [0.15, 0.2) is 60.8 Å². The molecule has 0 saturated carbocycles. The molecule has 6 nitrogen and oxygen atoms in total. The van der Waals surface area contributed by atoms with Gasteiger partial charge in [0.2, 0.25) is 5.95 Å². The van der Waals surface area contributed by atoms with Gasteiger partial charge in [-0.2, -0.15) is 0 Å². The number of methoxy groups -OCH3 is 1. The maximum atomic E-state index is 12.3. The Morgan fingerprint density at radius 3 is 2.70 bits per heavy atom. The highest BCUT2D eigenvalue weighted by Gasteiger charge is 2.09. The molecule has 0 aliphatic carbocycles. The quantitative estimate of drug-likeness (QED) is 0.649. The fraction of sp³-hybridized carbons (Fsp3) is 0.150. The van der Waals surface area contributed by atoms with Gasteiger partial charge in [-0.25, -0.2) is 9.97 Å². The first-order valence-electron chi connectivity index (χ1n) is 8.41. The SMILES string of the molecule is COc1ccc(Nc2nccc(C(=O)NCCc3ccccc3)n2)cc1Cl. The minimum Gasteiger partial charge on any atom is -0.495 e. The molecule has 0 saturated heterocycles. The van der Waals surface area contributed by atoms with Crippen molar-refractivity contribution in [2.45, 2.75) is 6.42 Å². The molecule has 0 radical (unpaired) electrons. The number of rotatable bonds is 7. The van der Waals surface area contributed by atoms with E-state index >= 15 is 0 Å². The molecule has 27 heavy (non-hydrogen) atoms. The highest BCUT2D eigenvalue weighted by molar-refractivity contribution is 6.32. The zero-order valence-electron chi connectivity index (χ0n) is 14.8. The van der Waals surface area contributed by atoms with Crippen LogP contribution in [0.4, 0.5) is 11.6 Å². The van der Waals surface area contributed by atoms with Gasteiger partial charge in [-0.05, 0) is 36.2 Å². The fourth-order valence-electron chi connectivity index (χ4n) is 2.47. The summed E-state index contributed by atoms with van der Waals surface area (Å²) in [5.74, 6) is 0.644. The molecule has 0 atom stereocenters. The lowest BCUT2D eigenvalue weighted by Gasteiger charge is -2.09. The fourth-order valence-corrected chi connectivity index (χ4v) is 2.73. The van der Waals surface area contributed by atoms with Crippen molar-refractivity contribution in [1.82, 2.24) is 15.3 Å². The molecule has 1 heterocycles. The van der Waals surface area contributed by atoms with Gasteiger partial charge >= 0.3 is 0 Å². The van der Waals surface area contributed by atoms with Crippen molar-refractivity contribution in [1.29, 1.82) is 0 Å². The van der Waals surface area contributed by atoms with Crippen LogP contribution in [-0.4, -0.2) is 29.5 Å². The Hall–Kier alpha value is -3.12. The highest BCUT2D eigenvalue weighted by atomic mass is 35.5. The summed E-state index contributed by atoms with van der Waals surface area (Å²) in [7, 11) is 1.55. The van der Waals surface area contributed by atoms with Crippen LogP contribution in [0, 0.1) is 0 Å². The molecule has 3 rings (SSSR count). The van der Waals surface area contributed by atoms with Crippen LogP contribution in [0.2, 0.25) is 5.02 Å². The van der Waals surface area contributed by atoms with Crippen LogP contribution >= 0.6 is 11.6 Å². The molecule has 2 aromatic carbocycles. The Morgan fingerprint density at radius 1 is 1.15 bits per heavy atom. The van der Waals surface area contributed by atoms with E-state index in [1.165, 1.54) is 11.8 Å². The first-order chi connectivity index (χ1) is 13.2. The number of hydrogen-bond donors (Lipinski definition) is 2. The van der Waals surface area contributed by atoms with E-state index in [2.05, 4.69) is 20.6 Å². The zero-order chi connectivity index (χ0) is 19.1. The molecule has 0 unspecified atom stereocenters. The molecule has 7 heteroatoms. The summed E-state index contributed by atoms with van der Waals surface area (Å²) in [5, 5.41) is 6.37. The van der Waals surface area contributed by atoms with Crippen molar-refractivity contribution in [3.8, 4) is 5.75 Å². The lowest BCUT2D eigenvalue weighted by atomic mass is 10.1. The topological polar surface area (TPSA) is 76.1 Å². The molecule has 1 aromatic heterocycles. The van der Waals surface area contributed by atoms with Gasteiger partial charge in [0.1, 0.15) is 11.4 Å². The Kier molecular flexibility index (Phi) is 6.22. The average Bonchev–Trinajstić information content (AvgIpc) is 2.69. The summed E-state index contributed by atoms with van der Waals surface area (Å²) in [4.78, 5) is 20.7. The summed E-state index contributed by atoms with van der Waals surface area (Å²) in [6.07, 6.45) is 2.29. The second kappa shape index (κ2) is 9.00. The van der Waals surface area contributed by atoms with Gasteiger partial charge < -0.3 is 15.4 Å². The van der Waals surface area contributed by atoms with Crippen molar-refractivity contribution in [3.05, 3.63) is 77.1 Å². The van der Waals surface area contributed by atoms with Crippen LogP contribution in [0.25, 0.3) is 0 Å². The standard InChI is InChI=1S/C20H19ClN4O2/c1-27-18-8-7-15(13-16(18)21)24-20-23-12-10-17(25-20)19(26)22-11-9-14-5-3-2-4-6-14/h2-8,10,12-13H,9,11H2,1H3,(H,22,26)(H,23,24,25). The number of benzene rings is 2. The lowest BCUT2D eigenvalue weighted by molar-refractivity contribution is 0.0949. The number of anilines is 2. The van der Waals surface area contributed by atoms with Gasteiger partial charge in [0.25, 0.3) is 5.91 Å². The largest absolute Gasteiger partial charge is 0.495 e. The maximum absolute atomic E-state index is 12.3. The van der Waals surface area contributed by atoms with Crippen LogP contribution in [-0.2, 0) is 6.42 Å². The van der Waals surface area contributed by atoms with Gasteiger partial charge in [-0.15, -0.1) is 0 Å².